The summed E-state index contributed by atoms with van der Waals surface area (Å²) in [5.41, 5.74) is 2.59. The second kappa shape index (κ2) is 7.16. The average molecular weight is 263 g/mol. The number of nitriles is 1. The van der Waals surface area contributed by atoms with Crippen LogP contribution in [0.4, 0.5) is 10.6 Å². The van der Waals surface area contributed by atoms with E-state index in [1.165, 1.54) is 6.20 Å². The Morgan fingerprint density at radius 1 is 1.63 bits per heavy atom. The van der Waals surface area contributed by atoms with Crippen LogP contribution >= 0.6 is 0 Å². The Balaban J connectivity index is 2.89. The predicted molar refractivity (Wildman–Crippen MR) is 69.1 cm³/mol. The molecule has 1 rings (SSSR count). The fourth-order valence-electron chi connectivity index (χ4n) is 1.39. The molecule has 0 aliphatic heterocycles. The summed E-state index contributed by atoms with van der Waals surface area (Å²) >= 11 is 0. The summed E-state index contributed by atoms with van der Waals surface area (Å²) in [6.07, 6.45) is 0.918. The minimum Gasteiger partial charge on any atom is -0.449 e. The van der Waals surface area contributed by atoms with E-state index in [4.69, 9.17) is 10.00 Å². The molecule has 1 aromatic heterocycles. The topological polar surface area (TPSA) is 91.1 Å². The van der Waals surface area contributed by atoms with E-state index in [0.29, 0.717) is 18.3 Å². The van der Waals surface area contributed by atoms with E-state index in [1.807, 2.05) is 19.9 Å². The third-order valence-electron chi connectivity index (χ3n) is 2.07. The summed E-state index contributed by atoms with van der Waals surface area (Å²) in [5, 5.41) is 10.3. The van der Waals surface area contributed by atoms with Crippen LogP contribution in [0.5, 0.6) is 0 Å². The molecule has 0 aliphatic carbocycles. The lowest BCUT2D eigenvalue weighted by Gasteiger charge is -2.25. The second-order valence-electron chi connectivity index (χ2n) is 4.19. The van der Waals surface area contributed by atoms with Gasteiger partial charge in [0.15, 0.2) is 5.82 Å². The summed E-state index contributed by atoms with van der Waals surface area (Å²) in [6.45, 7) is 6.57. The Morgan fingerprint density at radius 3 is 2.95 bits per heavy atom. The van der Waals surface area contributed by atoms with Crippen molar-refractivity contribution >= 4 is 11.9 Å². The van der Waals surface area contributed by atoms with Crippen LogP contribution in [0, 0.1) is 17.2 Å². The average Bonchev–Trinajstić information content (AvgIpc) is 2.38. The highest BCUT2D eigenvalue weighted by Crippen LogP contribution is 2.10. The molecule has 7 heteroatoms. The summed E-state index contributed by atoms with van der Waals surface area (Å²) in [4.78, 5) is 19.3. The maximum absolute atomic E-state index is 11.5. The zero-order chi connectivity index (χ0) is 14.3. The fraction of sp³-hybridized carbons (Fsp3) is 0.500. The standard InChI is InChI=1S/C12H17N5O2/c1-4-19-12(18)16-17(8-9(2)3)11-5-6-14-10(7-13)15-11/h5-6,9H,4,8H2,1-3H3,(H,16,18). The van der Waals surface area contributed by atoms with Crippen molar-refractivity contribution in [1.29, 1.82) is 5.26 Å². The van der Waals surface area contributed by atoms with Crippen LogP contribution in [0.2, 0.25) is 0 Å². The lowest BCUT2D eigenvalue weighted by molar-refractivity contribution is 0.150. The van der Waals surface area contributed by atoms with E-state index >= 15 is 0 Å². The number of carbonyl (C=O) groups excluding carboxylic acids is 1. The number of hydrogen-bond acceptors (Lipinski definition) is 6. The monoisotopic (exact) mass is 263 g/mol. The zero-order valence-corrected chi connectivity index (χ0v) is 11.3. The van der Waals surface area contributed by atoms with Gasteiger partial charge < -0.3 is 4.74 Å². The molecule has 0 saturated carbocycles. The zero-order valence-electron chi connectivity index (χ0n) is 11.3. The van der Waals surface area contributed by atoms with Gasteiger partial charge in [0.05, 0.1) is 6.61 Å². The molecule has 102 valence electrons. The smallest absolute Gasteiger partial charge is 0.426 e. The molecule has 0 aliphatic rings. The minimum atomic E-state index is -0.555. The molecule has 0 atom stereocenters. The molecule has 0 spiro atoms. The van der Waals surface area contributed by atoms with Crippen molar-refractivity contribution in [3.05, 3.63) is 18.1 Å². The van der Waals surface area contributed by atoms with E-state index in [9.17, 15) is 4.79 Å². The SMILES string of the molecule is CCOC(=O)NN(CC(C)C)c1ccnc(C#N)n1. The highest BCUT2D eigenvalue weighted by molar-refractivity contribution is 5.69. The Labute approximate surface area is 112 Å². The normalized spacial score (nSPS) is 9.84. The Morgan fingerprint density at radius 2 is 2.37 bits per heavy atom. The van der Waals surface area contributed by atoms with Crippen molar-refractivity contribution < 1.29 is 9.53 Å². The first-order valence-electron chi connectivity index (χ1n) is 6.01. The van der Waals surface area contributed by atoms with Crippen LogP contribution in [-0.2, 0) is 4.74 Å². The van der Waals surface area contributed by atoms with Gasteiger partial charge >= 0.3 is 6.09 Å². The number of nitrogens with one attached hydrogen (secondary N) is 1. The number of rotatable bonds is 5. The lowest BCUT2D eigenvalue weighted by atomic mass is 10.2. The van der Waals surface area contributed by atoms with Gasteiger partial charge in [-0.15, -0.1) is 0 Å². The van der Waals surface area contributed by atoms with Crippen LogP contribution in [0.1, 0.15) is 26.6 Å². The third-order valence-corrected chi connectivity index (χ3v) is 2.07. The maximum atomic E-state index is 11.5. The number of hydrogen-bond donors (Lipinski definition) is 1. The van der Waals surface area contributed by atoms with Crippen LogP contribution < -0.4 is 10.4 Å². The van der Waals surface area contributed by atoms with Gasteiger partial charge in [0.2, 0.25) is 5.82 Å². The lowest BCUT2D eigenvalue weighted by Crippen LogP contribution is -2.45. The summed E-state index contributed by atoms with van der Waals surface area (Å²) in [6, 6.07) is 3.48. The van der Waals surface area contributed by atoms with E-state index in [1.54, 1.807) is 18.0 Å². The van der Waals surface area contributed by atoms with Gasteiger partial charge in [0.25, 0.3) is 0 Å². The summed E-state index contributed by atoms with van der Waals surface area (Å²) < 4.78 is 4.83. The van der Waals surface area contributed by atoms with E-state index in [2.05, 4.69) is 15.4 Å². The molecule has 0 radical (unpaired) electrons. The molecule has 1 heterocycles. The Bertz CT molecular complexity index is 469. The van der Waals surface area contributed by atoms with Gasteiger partial charge in [-0.3, -0.25) is 5.01 Å². The van der Waals surface area contributed by atoms with Crippen molar-refractivity contribution in [3.63, 3.8) is 0 Å². The molecule has 1 amide bonds. The fourth-order valence-corrected chi connectivity index (χ4v) is 1.39. The number of nitrogens with zero attached hydrogens (tertiary/aromatic N) is 4. The van der Waals surface area contributed by atoms with Crippen LogP contribution in [-0.4, -0.2) is 29.2 Å². The highest BCUT2D eigenvalue weighted by Gasteiger charge is 2.14. The predicted octanol–water partition coefficient (Wildman–Crippen LogP) is 1.47. The molecule has 19 heavy (non-hydrogen) atoms. The van der Waals surface area contributed by atoms with E-state index < -0.39 is 6.09 Å². The second-order valence-corrected chi connectivity index (χ2v) is 4.19. The number of aromatic nitrogens is 2. The van der Waals surface area contributed by atoms with Gasteiger partial charge in [-0.1, -0.05) is 13.8 Å². The number of carbonyl (C=O) groups is 1. The van der Waals surface area contributed by atoms with Crippen molar-refractivity contribution in [1.82, 2.24) is 15.4 Å². The molecule has 0 saturated heterocycles. The van der Waals surface area contributed by atoms with Gasteiger partial charge in [0, 0.05) is 18.8 Å². The minimum absolute atomic E-state index is 0.0527. The maximum Gasteiger partial charge on any atom is 0.426 e. The van der Waals surface area contributed by atoms with E-state index in [0.717, 1.165) is 0 Å². The summed E-state index contributed by atoms with van der Waals surface area (Å²) in [5.74, 6) is 0.799. The first-order valence-corrected chi connectivity index (χ1v) is 6.01. The van der Waals surface area contributed by atoms with Crippen molar-refractivity contribution in [2.24, 2.45) is 5.92 Å². The van der Waals surface area contributed by atoms with E-state index in [-0.39, 0.29) is 12.4 Å². The first kappa shape index (κ1) is 14.7. The van der Waals surface area contributed by atoms with Crippen molar-refractivity contribution in [2.45, 2.75) is 20.8 Å². The van der Waals surface area contributed by atoms with Crippen LogP contribution in [0.15, 0.2) is 12.3 Å². The molecule has 0 fully saturated rings. The van der Waals surface area contributed by atoms with Crippen molar-refractivity contribution in [2.75, 3.05) is 18.2 Å². The molecular formula is C12H17N5O2. The Kier molecular flexibility index (Phi) is 5.54. The largest absolute Gasteiger partial charge is 0.449 e. The van der Waals surface area contributed by atoms with Crippen molar-refractivity contribution in [3.8, 4) is 6.07 Å². The van der Waals surface area contributed by atoms with Gasteiger partial charge in [-0.25, -0.2) is 15.2 Å². The molecular weight excluding hydrogens is 246 g/mol. The number of hydrazine groups is 1. The molecule has 1 N–H and O–H groups in total. The molecule has 0 aromatic carbocycles. The first-order chi connectivity index (χ1) is 9.06. The third kappa shape index (κ3) is 4.79. The molecule has 0 unspecified atom stereocenters. The Hall–Kier alpha value is -2.36. The number of amides is 1. The molecule has 1 aromatic rings. The van der Waals surface area contributed by atoms with Gasteiger partial charge in [-0.2, -0.15) is 10.2 Å². The quantitative estimate of drug-likeness (QED) is 0.809. The number of ether oxygens (including phenoxy) is 1. The van der Waals surface area contributed by atoms with Gasteiger partial charge in [0.1, 0.15) is 6.07 Å². The van der Waals surface area contributed by atoms with Gasteiger partial charge in [-0.05, 0) is 12.8 Å². The number of anilines is 1. The van der Waals surface area contributed by atoms with Crippen LogP contribution in [0.3, 0.4) is 0 Å². The molecule has 7 nitrogen and oxygen atoms in total. The summed E-state index contributed by atoms with van der Waals surface area (Å²) in [7, 11) is 0. The highest BCUT2D eigenvalue weighted by atomic mass is 16.6. The molecule has 0 bridgehead atoms. The van der Waals surface area contributed by atoms with Crippen LogP contribution in [0.25, 0.3) is 0 Å².